The van der Waals surface area contributed by atoms with Crippen molar-refractivity contribution in [1.82, 2.24) is 19.6 Å². The van der Waals surface area contributed by atoms with Crippen molar-refractivity contribution in [2.75, 3.05) is 4.31 Å². The molecule has 7 nitrogen and oxygen atoms in total. The molecule has 0 aliphatic rings. The lowest BCUT2D eigenvalue weighted by molar-refractivity contribution is 0.575. The Bertz CT molecular complexity index is 1420. The fraction of sp³-hybridized carbons (Fsp3) is 0.150. The van der Waals surface area contributed by atoms with Gasteiger partial charge in [-0.2, -0.15) is 9.50 Å². The third-order valence-corrected chi connectivity index (χ3v) is 7.21. The maximum absolute atomic E-state index is 13.8. The summed E-state index contributed by atoms with van der Waals surface area (Å²) >= 11 is 12.1. The minimum atomic E-state index is -4.24. The SMILES string of the molecule is Cc1nc2nc(N(Cc3cc(F)cc(F)c3)S(=O)(=O)c3ccc(Cl)cc3)nn2c(C)c1Cl. The van der Waals surface area contributed by atoms with Gasteiger partial charge in [0.05, 0.1) is 27.9 Å². The summed E-state index contributed by atoms with van der Waals surface area (Å²) in [7, 11) is -4.24. The van der Waals surface area contributed by atoms with Gasteiger partial charge in [-0.15, -0.1) is 5.10 Å². The molecule has 0 spiro atoms. The van der Waals surface area contributed by atoms with Crippen LogP contribution in [0.3, 0.4) is 0 Å². The first-order valence-electron chi connectivity index (χ1n) is 9.19. The molecule has 166 valence electrons. The summed E-state index contributed by atoms with van der Waals surface area (Å²) in [4.78, 5) is 8.38. The zero-order valence-corrected chi connectivity index (χ0v) is 19.0. The first-order valence-corrected chi connectivity index (χ1v) is 11.4. The van der Waals surface area contributed by atoms with E-state index in [2.05, 4.69) is 15.1 Å². The highest BCUT2D eigenvalue weighted by Crippen LogP contribution is 2.27. The number of hydrogen-bond acceptors (Lipinski definition) is 5. The summed E-state index contributed by atoms with van der Waals surface area (Å²) in [6.45, 7) is 2.94. The molecule has 0 bridgehead atoms. The van der Waals surface area contributed by atoms with Crippen LogP contribution in [-0.2, 0) is 16.6 Å². The Hall–Kier alpha value is -2.82. The Balaban J connectivity index is 1.90. The van der Waals surface area contributed by atoms with Crippen molar-refractivity contribution in [1.29, 1.82) is 0 Å². The van der Waals surface area contributed by atoms with Crippen LogP contribution in [0.1, 0.15) is 17.0 Å². The summed E-state index contributed by atoms with van der Waals surface area (Å²) in [6.07, 6.45) is 0. The Kier molecular flexibility index (Phi) is 5.78. The topological polar surface area (TPSA) is 80.5 Å². The maximum Gasteiger partial charge on any atom is 0.267 e. The number of anilines is 1. The Labute approximate surface area is 192 Å². The number of fused-ring (bicyclic) bond motifs is 1. The van der Waals surface area contributed by atoms with E-state index in [0.29, 0.717) is 27.5 Å². The van der Waals surface area contributed by atoms with E-state index in [0.717, 1.165) is 16.4 Å². The van der Waals surface area contributed by atoms with E-state index in [-0.39, 0.29) is 22.2 Å². The van der Waals surface area contributed by atoms with Crippen LogP contribution in [0.5, 0.6) is 0 Å². The molecule has 0 aliphatic carbocycles. The van der Waals surface area contributed by atoms with Crippen LogP contribution >= 0.6 is 23.2 Å². The average molecular weight is 498 g/mol. The highest BCUT2D eigenvalue weighted by atomic mass is 35.5. The molecule has 0 fully saturated rings. The fourth-order valence-electron chi connectivity index (χ4n) is 3.12. The van der Waals surface area contributed by atoms with Crippen molar-refractivity contribution in [2.45, 2.75) is 25.3 Å². The van der Waals surface area contributed by atoms with Crippen LogP contribution in [0, 0.1) is 25.5 Å². The molecule has 0 amide bonds. The summed E-state index contributed by atoms with van der Waals surface area (Å²) in [5.41, 5.74) is 1.07. The number of rotatable bonds is 5. The van der Waals surface area contributed by atoms with E-state index in [4.69, 9.17) is 23.2 Å². The Morgan fingerprint density at radius 3 is 2.25 bits per heavy atom. The van der Waals surface area contributed by atoms with Crippen LogP contribution in [0.25, 0.3) is 5.78 Å². The van der Waals surface area contributed by atoms with E-state index in [1.54, 1.807) is 13.8 Å². The number of sulfonamides is 1. The summed E-state index contributed by atoms with van der Waals surface area (Å²) in [5.74, 6) is -1.79. The molecular formula is C20H15Cl2F2N5O2S. The molecule has 2 aromatic heterocycles. The number of nitrogens with zero attached hydrogens (tertiary/aromatic N) is 5. The standard InChI is InChI=1S/C20H15Cl2F2N5O2S/c1-11-18(22)12(2)29-19(25-11)26-20(27-29)28(10-13-7-15(23)9-16(24)8-13)32(30,31)17-5-3-14(21)4-6-17/h3-9H,10H2,1-2H3. The first kappa shape index (κ1) is 22.4. The number of hydrogen-bond donors (Lipinski definition) is 0. The molecule has 0 N–H and O–H groups in total. The predicted molar refractivity (Wildman–Crippen MR) is 116 cm³/mol. The summed E-state index contributed by atoms with van der Waals surface area (Å²) in [6, 6.07) is 8.24. The van der Waals surface area contributed by atoms with E-state index in [1.807, 2.05) is 0 Å². The maximum atomic E-state index is 13.8. The van der Waals surface area contributed by atoms with Crippen molar-refractivity contribution < 1.29 is 17.2 Å². The molecule has 32 heavy (non-hydrogen) atoms. The highest BCUT2D eigenvalue weighted by molar-refractivity contribution is 7.92. The highest BCUT2D eigenvalue weighted by Gasteiger charge is 2.30. The average Bonchev–Trinajstić information content (AvgIpc) is 3.13. The van der Waals surface area contributed by atoms with Gasteiger partial charge in [0, 0.05) is 11.1 Å². The van der Waals surface area contributed by atoms with E-state index < -0.39 is 28.2 Å². The van der Waals surface area contributed by atoms with Gasteiger partial charge in [-0.1, -0.05) is 23.2 Å². The lowest BCUT2D eigenvalue weighted by atomic mass is 10.2. The monoisotopic (exact) mass is 497 g/mol. The van der Waals surface area contributed by atoms with Crippen molar-refractivity contribution in [2.24, 2.45) is 0 Å². The second-order valence-corrected chi connectivity index (χ2v) is 9.64. The molecule has 0 aliphatic heterocycles. The molecule has 0 saturated heterocycles. The van der Waals surface area contributed by atoms with Crippen LogP contribution in [0.15, 0.2) is 47.4 Å². The smallest absolute Gasteiger partial charge is 0.228 e. The molecule has 2 aromatic carbocycles. The Morgan fingerprint density at radius 2 is 1.62 bits per heavy atom. The van der Waals surface area contributed by atoms with E-state index in [9.17, 15) is 17.2 Å². The molecular weight excluding hydrogens is 483 g/mol. The van der Waals surface area contributed by atoms with Gasteiger partial charge >= 0.3 is 0 Å². The van der Waals surface area contributed by atoms with Gasteiger partial charge in [0.1, 0.15) is 11.6 Å². The van der Waals surface area contributed by atoms with Gasteiger partial charge in [0.2, 0.25) is 0 Å². The molecule has 0 radical (unpaired) electrons. The zero-order valence-electron chi connectivity index (χ0n) is 16.7. The molecule has 4 rings (SSSR count). The summed E-state index contributed by atoms with van der Waals surface area (Å²) < 4.78 is 56.6. The second-order valence-electron chi connectivity index (χ2n) is 6.96. The fourth-order valence-corrected chi connectivity index (χ4v) is 4.71. The molecule has 12 heteroatoms. The van der Waals surface area contributed by atoms with Crippen molar-refractivity contribution in [3.63, 3.8) is 0 Å². The van der Waals surface area contributed by atoms with Crippen molar-refractivity contribution in [3.8, 4) is 0 Å². The minimum absolute atomic E-state index is 0.0674. The largest absolute Gasteiger partial charge is 0.267 e. The van der Waals surface area contributed by atoms with Gasteiger partial charge in [0.25, 0.3) is 21.7 Å². The lowest BCUT2D eigenvalue weighted by Crippen LogP contribution is -2.31. The summed E-state index contributed by atoms with van der Waals surface area (Å²) in [5, 5.41) is 4.96. The van der Waals surface area contributed by atoms with Crippen LogP contribution in [0.2, 0.25) is 10.0 Å². The molecule has 4 aromatic rings. The third kappa shape index (κ3) is 4.13. The molecule has 0 atom stereocenters. The number of benzene rings is 2. The molecule has 0 saturated carbocycles. The molecule has 2 heterocycles. The van der Waals surface area contributed by atoms with Gasteiger partial charge < -0.3 is 0 Å². The van der Waals surface area contributed by atoms with Gasteiger partial charge in [-0.05, 0) is 55.8 Å². The van der Waals surface area contributed by atoms with E-state index >= 15 is 0 Å². The third-order valence-electron chi connectivity index (χ3n) is 4.67. The second kappa shape index (κ2) is 8.27. The van der Waals surface area contributed by atoms with Crippen LogP contribution in [-0.4, -0.2) is 28.0 Å². The van der Waals surface area contributed by atoms with Crippen LogP contribution in [0.4, 0.5) is 14.7 Å². The van der Waals surface area contributed by atoms with Gasteiger partial charge in [0.15, 0.2) is 0 Å². The van der Waals surface area contributed by atoms with E-state index in [1.165, 1.54) is 28.8 Å². The van der Waals surface area contributed by atoms with Crippen molar-refractivity contribution >= 4 is 45.0 Å². The first-order chi connectivity index (χ1) is 15.1. The van der Waals surface area contributed by atoms with Crippen LogP contribution < -0.4 is 4.31 Å². The zero-order chi connectivity index (χ0) is 23.2. The lowest BCUT2D eigenvalue weighted by Gasteiger charge is -2.21. The minimum Gasteiger partial charge on any atom is -0.228 e. The number of aromatic nitrogens is 4. The number of halogens is 4. The normalized spacial score (nSPS) is 11.8. The van der Waals surface area contributed by atoms with Crippen molar-refractivity contribution in [3.05, 3.63) is 81.1 Å². The van der Waals surface area contributed by atoms with Gasteiger partial charge in [-0.3, -0.25) is 0 Å². The quantitative estimate of drug-likeness (QED) is 0.398. The number of aryl methyl sites for hydroxylation is 2. The Morgan fingerprint density at radius 1 is 1.00 bits per heavy atom. The van der Waals surface area contributed by atoms with Gasteiger partial charge in [-0.25, -0.2) is 26.5 Å². The molecule has 0 unspecified atom stereocenters. The predicted octanol–water partition coefficient (Wildman–Crippen LogP) is 4.72.